The van der Waals surface area contributed by atoms with Crippen molar-refractivity contribution in [3.05, 3.63) is 64.2 Å². The quantitative estimate of drug-likeness (QED) is 0.870. The average molecular weight is 327 g/mol. The highest BCUT2D eigenvalue weighted by molar-refractivity contribution is 6.30. The molecule has 2 aliphatic heterocycles. The molecule has 1 atom stereocenters. The van der Waals surface area contributed by atoms with Crippen molar-refractivity contribution in [1.82, 2.24) is 4.90 Å². The van der Waals surface area contributed by atoms with Gasteiger partial charge in [-0.3, -0.25) is 4.79 Å². The third-order valence-electron chi connectivity index (χ3n) is 4.22. The number of carbonyl (C=O) groups is 1. The minimum Gasteiger partial charge on any atom is -0.488 e. The molecule has 0 fully saturated rings. The van der Waals surface area contributed by atoms with E-state index in [4.69, 9.17) is 16.3 Å². The first kappa shape index (κ1) is 14.2. The van der Waals surface area contributed by atoms with E-state index in [0.29, 0.717) is 17.2 Å². The van der Waals surface area contributed by atoms with Gasteiger partial charge >= 0.3 is 0 Å². The van der Waals surface area contributed by atoms with Crippen LogP contribution in [0.1, 0.15) is 15.9 Å². The van der Waals surface area contributed by atoms with Crippen molar-refractivity contribution < 1.29 is 9.53 Å². The molecular formula is C18H15ClN2O2. The van der Waals surface area contributed by atoms with Crippen LogP contribution in [0.3, 0.4) is 0 Å². The number of nitrogens with zero attached hydrogens (tertiary/aromatic N) is 1. The van der Waals surface area contributed by atoms with Crippen molar-refractivity contribution in [2.24, 2.45) is 0 Å². The van der Waals surface area contributed by atoms with Crippen LogP contribution in [-0.2, 0) is 0 Å². The van der Waals surface area contributed by atoms with Crippen LogP contribution in [0.15, 0.2) is 48.0 Å². The zero-order valence-corrected chi connectivity index (χ0v) is 13.3. The van der Waals surface area contributed by atoms with Crippen LogP contribution in [0.2, 0.25) is 5.02 Å². The second kappa shape index (κ2) is 5.32. The van der Waals surface area contributed by atoms with Gasteiger partial charge in [-0.25, -0.2) is 0 Å². The molecule has 0 saturated carbocycles. The molecule has 116 valence electrons. The number of hydrogen-bond acceptors (Lipinski definition) is 3. The van der Waals surface area contributed by atoms with Crippen LogP contribution in [-0.4, -0.2) is 30.6 Å². The van der Waals surface area contributed by atoms with E-state index < -0.39 is 0 Å². The van der Waals surface area contributed by atoms with E-state index in [2.05, 4.69) is 5.32 Å². The zero-order chi connectivity index (χ0) is 16.0. The standard InChI is InChI=1S/C18H15ClN2O2/c1-21-17(20-15-5-3-2-4-14(15)18(21)22)12-8-11-9-13(19)6-7-16(11)23-10-12/h2-9,17,20H,10H2,1H3/t17-/m0/s1. The van der Waals surface area contributed by atoms with Gasteiger partial charge in [-0.2, -0.15) is 0 Å². The van der Waals surface area contributed by atoms with E-state index in [1.165, 1.54) is 0 Å². The number of halogens is 1. The molecule has 2 aromatic rings. The van der Waals surface area contributed by atoms with E-state index in [9.17, 15) is 4.79 Å². The second-order valence-electron chi connectivity index (χ2n) is 5.70. The molecule has 4 rings (SSSR count). The van der Waals surface area contributed by atoms with Crippen molar-refractivity contribution in [3.8, 4) is 5.75 Å². The Bertz CT molecular complexity index is 832. The first-order chi connectivity index (χ1) is 11.1. The molecule has 0 saturated heterocycles. The summed E-state index contributed by atoms with van der Waals surface area (Å²) in [5.74, 6) is 0.811. The molecule has 1 N–H and O–H groups in total. The Morgan fingerprint density at radius 1 is 1.26 bits per heavy atom. The van der Waals surface area contributed by atoms with Gasteiger partial charge in [0.2, 0.25) is 0 Å². The number of para-hydroxylation sites is 1. The van der Waals surface area contributed by atoms with Gasteiger partial charge in [-0.05, 0) is 36.4 Å². The van der Waals surface area contributed by atoms with Crippen LogP contribution in [0.5, 0.6) is 5.75 Å². The van der Waals surface area contributed by atoms with Crippen molar-refractivity contribution in [3.63, 3.8) is 0 Å². The van der Waals surface area contributed by atoms with E-state index in [-0.39, 0.29) is 12.1 Å². The third-order valence-corrected chi connectivity index (χ3v) is 4.45. The molecule has 0 unspecified atom stereocenters. The van der Waals surface area contributed by atoms with Crippen molar-refractivity contribution in [1.29, 1.82) is 0 Å². The Labute approximate surface area is 139 Å². The van der Waals surface area contributed by atoms with Gasteiger partial charge in [-0.15, -0.1) is 0 Å². The lowest BCUT2D eigenvalue weighted by molar-refractivity contribution is 0.0752. The maximum atomic E-state index is 12.6. The molecule has 2 aliphatic rings. The molecule has 0 radical (unpaired) electrons. The van der Waals surface area contributed by atoms with Gasteiger partial charge in [-0.1, -0.05) is 23.7 Å². The first-order valence-electron chi connectivity index (χ1n) is 7.39. The largest absolute Gasteiger partial charge is 0.488 e. The maximum absolute atomic E-state index is 12.6. The summed E-state index contributed by atoms with van der Waals surface area (Å²) >= 11 is 6.06. The third kappa shape index (κ3) is 2.35. The highest BCUT2D eigenvalue weighted by atomic mass is 35.5. The zero-order valence-electron chi connectivity index (χ0n) is 12.5. The predicted molar refractivity (Wildman–Crippen MR) is 90.9 cm³/mol. The fourth-order valence-corrected chi connectivity index (χ4v) is 3.19. The van der Waals surface area contributed by atoms with Crippen LogP contribution in [0.25, 0.3) is 6.08 Å². The van der Waals surface area contributed by atoms with Crippen LogP contribution >= 0.6 is 11.6 Å². The topological polar surface area (TPSA) is 41.6 Å². The van der Waals surface area contributed by atoms with E-state index >= 15 is 0 Å². The molecule has 5 heteroatoms. The number of anilines is 1. The lowest BCUT2D eigenvalue weighted by Crippen LogP contribution is -2.48. The smallest absolute Gasteiger partial charge is 0.257 e. The number of likely N-dealkylation sites (N-methyl/N-ethyl adjacent to an activating group) is 1. The van der Waals surface area contributed by atoms with Crippen LogP contribution < -0.4 is 10.1 Å². The summed E-state index contributed by atoms with van der Waals surface area (Å²) in [5, 5.41) is 4.08. The van der Waals surface area contributed by atoms with E-state index in [0.717, 1.165) is 22.6 Å². The van der Waals surface area contributed by atoms with Gasteiger partial charge in [0.1, 0.15) is 18.5 Å². The number of hydrogen-bond donors (Lipinski definition) is 1. The monoisotopic (exact) mass is 326 g/mol. The Morgan fingerprint density at radius 2 is 2.09 bits per heavy atom. The minimum absolute atomic E-state index is 0.00198. The summed E-state index contributed by atoms with van der Waals surface area (Å²) < 4.78 is 5.81. The van der Waals surface area contributed by atoms with Crippen LogP contribution in [0.4, 0.5) is 5.69 Å². The van der Waals surface area contributed by atoms with Crippen LogP contribution in [0, 0.1) is 0 Å². The molecule has 2 heterocycles. The van der Waals surface area contributed by atoms with Crippen molar-refractivity contribution in [2.45, 2.75) is 6.17 Å². The molecular weight excluding hydrogens is 312 g/mol. The summed E-state index contributed by atoms with van der Waals surface area (Å²) in [7, 11) is 1.80. The highest BCUT2D eigenvalue weighted by Gasteiger charge is 2.32. The summed E-state index contributed by atoms with van der Waals surface area (Å²) in [6.45, 7) is 0.437. The fraction of sp³-hybridized carbons (Fsp3) is 0.167. The molecule has 2 aromatic carbocycles. The van der Waals surface area contributed by atoms with Crippen molar-refractivity contribution >= 4 is 29.3 Å². The summed E-state index contributed by atoms with van der Waals surface area (Å²) in [4.78, 5) is 14.3. The summed E-state index contributed by atoms with van der Waals surface area (Å²) in [5.41, 5.74) is 3.45. The number of rotatable bonds is 1. The Morgan fingerprint density at radius 3 is 2.96 bits per heavy atom. The lowest BCUT2D eigenvalue weighted by atomic mass is 10.0. The summed E-state index contributed by atoms with van der Waals surface area (Å²) in [6, 6.07) is 13.1. The van der Waals surface area contributed by atoms with Gasteiger partial charge < -0.3 is 15.0 Å². The van der Waals surface area contributed by atoms with Gasteiger partial charge in [0.05, 0.1) is 5.56 Å². The lowest BCUT2D eigenvalue weighted by Gasteiger charge is -2.37. The van der Waals surface area contributed by atoms with Gasteiger partial charge in [0.25, 0.3) is 5.91 Å². The van der Waals surface area contributed by atoms with E-state index in [1.807, 2.05) is 48.5 Å². The van der Waals surface area contributed by atoms with Gasteiger partial charge in [0, 0.05) is 28.9 Å². The summed E-state index contributed by atoms with van der Waals surface area (Å²) in [6.07, 6.45) is 1.81. The molecule has 0 aliphatic carbocycles. The maximum Gasteiger partial charge on any atom is 0.257 e. The number of benzene rings is 2. The highest BCUT2D eigenvalue weighted by Crippen LogP contribution is 2.33. The average Bonchev–Trinajstić information content (AvgIpc) is 2.57. The molecule has 4 nitrogen and oxygen atoms in total. The van der Waals surface area contributed by atoms with E-state index in [1.54, 1.807) is 11.9 Å². The van der Waals surface area contributed by atoms with Gasteiger partial charge in [0.15, 0.2) is 0 Å². The normalized spacial score (nSPS) is 19.2. The Kier molecular flexibility index (Phi) is 3.27. The molecule has 23 heavy (non-hydrogen) atoms. The number of ether oxygens (including phenoxy) is 1. The number of amides is 1. The molecule has 0 aromatic heterocycles. The number of fused-ring (bicyclic) bond motifs is 2. The SMILES string of the molecule is CN1C(=O)c2ccccc2N[C@@H]1C1=Cc2cc(Cl)ccc2OC1. The minimum atomic E-state index is -0.232. The molecule has 1 amide bonds. The Balaban J connectivity index is 1.73. The second-order valence-corrected chi connectivity index (χ2v) is 6.14. The fourth-order valence-electron chi connectivity index (χ4n) is 3.01. The molecule has 0 spiro atoms. The molecule has 0 bridgehead atoms. The first-order valence-corrected chi connectivity index (χ1v) is 7.77. The Hall–Kier alpha value is -2.46. The predicted octanol–water partition coefficient (Wildman–Crippen LogP) is 3.64. The number of carbonyl (C=O) groups excluding carboxylic acids is 1. The number of nitrogens with one attached hydrogen (secondary N) is 1. The van der Waals surface area contributed by atoms with Crippen molar-refractivity contribution in [2.75, 3.05) is 19.0 Å².